The Bertz CT molecular complexity index is 378. The minimum Gasteiger partial charge on any atom is -0.376 e. The van der Waals surface area contributed by atoms with E-state index >= 15 is 0 Å². The molecule has 6 heteroatoms. The highest BCUT2D eigenvalue weighted by molar-refractivity contribution is 5.93. The molecule has 0 radical (unpaired) electrons. The predicted molar refractivity (Wildman–Crippen MR) is 55.3 cm³/mol. The van der Waals surface area contributed by atoms with E-state index in [-0.39, 0.29) is 18.1 Å². The predicted octanol–water partition coefficient (Wildman–Crippen LogP) is -0.662. The number of carbonyl (C=O) groups excluding carboxylic acids is 2. The van der Waals surface area contributed by atoms with Crippen LogP contribution in [0, 0.1) is 0 Å². The average molecular weight is 208 g/mol. The van der Waals surface area contributed by atoms with Crippen LogP contribution in [0.15, 0.2) is 18.3 Å². The van der Waals surface area contributed by atoms with Gasteiger partial charge in [0, 0.05) is 18.9 Å². The van der Waals surface area contributed by atoms with Gasteiger partial charge in [0.15, 0.2) is 0 Å². The zero-order chi connectivity index (χ0) is 11.3. The second-order valence-electron chi connectivity index (χ2n) is 2.83. The first-order valence-corrected chi connectivity index (χ1v) is 4.34. The van der Waals surface area contributed by atoms with Gasteiger partial charge in [0.1, 0.15) is 5.69 Å². The number of hydrogen-bond acceptors (Lipinski definition) is 4. The fourth-order valence-corrected chi connectivity index (χ4v) is 0.982. The smallest absolute Gasteiger partial charge is 0.269 e. The van der Waals surface area contributed by atoms with Crippen molar-refractivity contribution < 1.29 is 9.59 Å². The number of nitrogens with one attached hydrogen (secondary N) is 2. The molecule has 0 saturated heterocycles. The molecule has 1 aromatic rings. The summed E-state index contributed by atoms with van der Waals surface area (Å²) in [5, 5.41) is 5.22. The van der Waals surface area contributed by atoms with Crippen molar-refractivity contribution in [3.8, 4) is 0 Å². The zero-order valence-corrected chi connectivity index (χ0v) is 8.28. The lowest BCUT2D eigenvalue weighted by atomic mass is 10.3. The first kappa shape index (κ1) is 11.0. The molecule has 0 spiro atoms. The highest BCUT2D eigenvalue weighted by atomic mass is 16.2. The lowest BCUT2D eigenvalue weighted by Crippen LogP contribution is -2.22. The highest BCUT2D eigenvalue weighted by Gasteiger charge is 2.05. The molecule has 0 bridgehead atoms. The summed E-state index contributed by atoms with van der Waals surface area (Å²) in [6.07, 6.45) is 1.48. The van der Waals surface area contributed by atoms with E-state index in [0.29, 0.717) is 5.69 Å². The summed E-state index contributed by atoms with van der Waals surface area (Å²) < 4.78 is 0. The lowest BCUT2D eigenvalue weighted by molar-refractivity contribution is -0.116. The molecule has 0 aliphatic heterocycles. The SMILES string of the molecule is CNC(=O)c1cc(NCC(N)=O)ccn1. The summed E-state index contributed by atoms with van der Waals surface area (Å²) >= 11 is 0. The van der Waals surface area contributed by atoms with Crippen LogP contribution >= 0.6 is 0 Å². The third-order valence-electron chi connectivity index (χ3n) is 1.69. The number of primary amides is 1. The van der Waals surface area contributed by atoms with Crippen LogP contribution in [0.3, 0.4) is 0 Å². The second kappa shape index (κ2) is 4.94. The van der Waals surface area contributed by atoms with E-state index in [1.54, 1.807) is 12.1 Å². The number of amides is 2. The van der Waals surface area contributed by atoms with E-state index < -0.39 is 5.91 Å². The standard InChI is InChI=1S/C9H12N4O2/c1-11-9(15)7-4-6(2-3-12-7)13-5-8(10)14/h2-4H,5H2,1H3,(H2,10,14)(H,11,15)(H,12,13). The second-order valence-corrected chi connectivity index (χ2v) is 2.83. The third-order valence-corrected chi connectivity index (χ3v) is 1.69. The van der Waals surface area contributed by atoms with Crippen molar-refractivity contribution in [2.24, 2.45) is 5.73 Å². The van der Waals surface area contributed by atoms with E-state index in [0.717, 1.165) is 0 Å². The van der Waals surface area contributed by atoms with Crippen molar-refractivity contribution >= 4 is 17.5 Å². The van der Waals surface area contributed by atoms with E-state index in [1.165, 1.54) is 13.2 Å². The highest BCUT2D eigenvalue weighted by Crippen LogP contribution is 2.06. The van der Waals surface area contributed by atoms with Gasteiger partial charge in [-0.2, -0.15) is 0 Å². The van der Waals surface area contributed by atoms with Crippen LogP contribution in [0.5, 0.6) is 0 Å². The van der Waals surface area contributed by atoms with E-state index in [1.807, 2.05) is 0 Å². The maximum atomic E-state index is 11.2. The average Bonchev–Trinajstić information content (AvgIpc) is 2.25. The Hall–Kier alpha value is -2.11. The number of rotatable bonds is 4. The summed E-state index contributed by atoms with van der Waals surface area (Å²) in [4.78, 5) is 25.6. The molecule has 1 heterocycles. The summed E-state index contributed by atoms with van der Waals surface area (Å²) in [7, 11) is 1.52. The Kier molecular flexibility index (Phi) is 3.61. The van der Waals surface area contributed by atoms with E-state index in [4.69, 9.17) is 5.73 Å². The number of anilines is 1. The number of carbonyl (C=O) groups is 2. The van der Waals surface area contributed by atoms with Gasteiger partial charge in [0.25, 0.3) is 5.91 Å². The van der Waals surface area contributed by atoms with Crippen molar-refractivity contribution in [1.82, 2.24) is 10.3 Å². The maximum Gasteiger partial charge on any atom is 0.269 e. The molecule has 2 amide bonds. The molecule has 6 nitrogen and oxygen atoms in total. The van der Waals surface area contributed by atoms with Crippen LogP contribution in [-0.4, -0.2) is 30.4 Å². The molecule has 4 N–H and O–H groups in total. The van der Waals surface area contributed by atoms with Gasteiger partial charge in [-0.25, -0.2) is 0 Å². The summed E-state index contributed by atoms with van der Waals surface area (Å²) in [6, 6.07) is 3.19. The first-order chi connectivity index (χ1) is 7.13. The normalized spacial score (nSPS) is 9.40. The van der Waals surface area contributed by atoms with Crippen molar-refractivity contribution in [3.05, 3.63) is 24.0 Å². The molecule has 1 aromatic heterocycles. The summed E-state index contributed by atoms with van der Waals surface area (Å²) in [5.74, 6) is -0.744. The monoisotopic (exact) mass is 208 g/mol. The van der Waals surface area contributed by atoms with Crippen molar-refractivity contribution in [3.63, 3.8) is 0 Å². The largest absolute Gasteiger partial charge is 0.376 e. The van der Waals surface area contributed by atoms with Crippen LogP contribution < -0.4 is 16.4 Å². The molecule has 0 aromatic carbocycles. The van der Waals surface area contributed by atoms with Gasteiger partial charge in [-0.3, -0.25) is 14.6 Å². The van der Waals surface area contributed by atoms with E-state index in [9.17, 15) is 9.59 Å². The molecule has 0 saturated carbocycles. The Labute approximate surface area is 86.9 Å². The fourth-order valence-electron chi connectivity index (χ4n) is 0.982. The number of nitrogens with two attached hydrogens (primary N) is 1. The summed E-state index contributed by atoms with van der Waals surface area (Å²) in [6.45, 7) is 0.0250. The third kappa shape index (κ3) is 3.26. The van der Waals surface area contributed by atoms with Gasteiger partial charge in [-0.05, 0) is 12.1 Å². The minimum absolute atomic E-state index is 0.0250. The van der Waals surface area contributed by atoms with Crippen LogP contribution in [0.4, 0.5) is 5.69 Å². The van der Waals surface area contributed by atoms with Crippen molar-refractivity contribution in [1.29, 1.82) is 0 Å². The Balaban J connectivity index is 2.74. The molecule has 0 unspecified atom stereocenters. The van der Waals surface area contributed by atoms with Crippen LogP contribution in [0.25, 0.3) is 0 Å². The molecule has 15 heavy (non-hydrogen) atoms. The molecule has 1 rings (SSSR count). The number of pyridine rings is 1. The van der Waals surface area contributed by atoms with Crippen molar-refractivity contribution in [2.45, 2.75) is 0 Å². The number of nitrogens with zero attached hydrogens (tertiary/aromatic N) is 1. The first-order valence-electron chi connectivity index (χ1n) is 4.34. The quantitative estimate of drug-likeness (QED) is 0.611. The van der Waals surface area contributed by atoms with Gasteiger partial charge in [-0.15, -0.1) is 0 Å². The van der Waals surface area contributed by atoms with Gasteiger partial charge < -0.3 is 16.4 Å². The Morgan fingerprint density at radius 3 is 2.87 bits per heavy atom. The Morgan fingerprint density at radius 2 is 2.27 bits per heavy atom. The van der Waals surface area contributed by atoms with Gasteiger partial charge in [-0.1, -0.05) is 0 Å². The van der Waals surface area contributed by atoms with Gasteiger partial charge >= 0.3 is 0 Å². The minimum atomic E-state index is -0.465. The number of aromatic nitrogens is 1. The lowest BCUT2D eigenvalue weighted by Gasteiger charge is -2.04. The van der Waals surface area contributed by atoms with Crippen LogP contribution in [-0.2, 0) is 4.79 Å². The molecule has 0 fully saturated rings. The molecule has 80 valence electrons. The molecule has 0 aliphatic rings. The fraction of sp³-hybridized carbons (Fsp3) is 0.222. The van der Waals surface area contributed by atoms with Crippen LogP contribution in [0.2, 0.25) is 0 Å². The summed E-state index contributed by atoms with van der Waals surface area (Å²) in [5.41, 5.74) is 5.88. The molecular weight excluding hydrogens is 196 g/mol. The number of hydrogen-bond donors (Lipinski definition) is 3. The van der Waals surface area contributed by atoms with Gasteiger partial charge in [0.05, 0.1) is 6.54 Å². The van der Waals surface area contributed by atoms with Gasteiger partial charge in [0.2, 0.25) is 5.91 Å². The maximum absolute atomic E-state index is 11.2. The molecule has 0 aliphatic carbocycles. The topological polar surface area (TPSA) is 97.1 Å². The Morgan fingerprint density at radius 1 is 1.53 bits per heavy atom. The van der Waals surface area contributed by atoms with Crippen molar-refractivity contribution in [2.75, 3.05) is 18.9 Å². The molecule has 0 atom stereocenters. The molecular formula is C9H12N4O2. The zero-order valence-electron chi connectivity index (χ0n) is 8.28. The van der Waals surface area contributed by atoms with E-state index in [2.05, 4.69) is 15.6 Å². The van der Waals surface area contributed by atoms with Crippen LogP contribution in [0.1, 0.15) is 10.5 Å².